The lowest BCUT2D eigenvalue weighted by Gasteiger charge is -2.29. The molecule has 0 radical (unpaired) electrons. The molecule has 7 heteroatoms. The first-order valence-corrected chi connectivity index (χ1v) is 9.78. The van der Waals surface area contributed by atoms with Crippen LogP contribution in [0.3, 0.4) is 0 Å². The third-order valence-electron chi connectivity index (χ3n) is 4.93. The second-order valence-electron chi connectivity index (χ2n) is 7.46. The van der Waals surface area contributed by atoms with E-state index in [1.54, 1.807) is 24.3 Å². The molecule has 150 valence electrons. The number of hydrogen-bond acceptors (Lipinski definition) is 4. The molecule has 0 saturated carbocycles. The topological polar surface area (TPSA) is 70.1 Å². The molecule has 1 amide bonds. The van der Waals surface area contributed by atoms with Gasteiger partial charge in [0.15, 0.2) is 6.10 Å². The normalized spacial score (nSPS) is 19.0. The van der Waals surface area contributed by atoms with Crippen LogP contribution in [0.15, 0.2) is 24.3 Å². The predicted octanol–water partition coefficient (Wildman–Crippen LogP) is 3.14. The fourth-order valence-corrected chi connectivity index (χ4v) is 3.60. The molecule has 1 heterocycles. The number of hydrogen-bond donors (Lipinski definition) is 1. The average molecular weight is 397 g/mol. The standard InChI is InChI=1S/C20H29ClN2O4/c1-14(2)19(27-17-8-4-6-15(21)12-17)20(26)23-10-5-7-16(9-11-23)22(3)13-18(24)25/h4,6,8,12,14,16,19H,5,7,9-11,13H2,1-3H3,(H,24,25). The summed E-state index contributed by atoms with van der Waals surface area (Å²) in [6, 6.07) is 7.25. The molecule has 1 saturated heterocycles. The Morgan fingerprint density at radius 2 is 2.07 bits per heavy atom. The Morgan fingerprint density at radius 3 is 2.70 bits per heavy atom. The molecular formula is C20H29ClN2O4. The van der Waals surface area contributed by atoms with Gasteiger partial charge in [-0.3, -0.25) is 14.5 Å². The van der Waals surface area contributed by atoms with E-state index in [-0.39, 0.29) is 24.4 Å². The van der Waals surface area contributed by atoms with Gasteiger partial charge in [0, 0.05) is 24.2 Å². The highest BCUT2D eigenvalue weighted by Gasteiger charge is 2.31. The fraction of sp³-hybridized carbons (Fsp3) is 0.600. The predicted molar refractivity (Wildman–Crippen MR) is 105 cm³/mol. The van der Waals surface area contributed by atoms with E-state index in [4.69, 9.17) is 21.4 Å². The minimum atomic E-state index is -0.829. The molecule has 0 aromatic heterocycles. The van der Waals surface area contributed by atoms with E-state index in [0.29, 0.717) is 23.9 Å². The van der Waals surface area contributed by atoms with Gasteiger partial charge in [0.25, 0.3) is 5.91 Å². The second kappa shape index (κ2) is 9.95. The van der Waals surface area contributed by atoms with Crippen molar-refractivity contribution in [3.05, 3.63) is 29.3 Å². The van der Waals surface area contributed by atoms with Gasteiger partial charge in [-0.15, -0.1) is 0 Å². The molecule has 1 N–H and O–H groups in total. The fourth-order valence-electron chi connectivity index (χ4n) is 3.42. The van der Waals surface area contributed by atoms with Crippen LogP contribution in [0.25, 0.3) is 0 Å². The van der Waals surface area contributed by atoms with Crippen molar-refractivity contribution in [2.24, 2.45) is 5.92 Å². The number of rotatable bonds is 7. The molecule has 0 aliphatic carbocycles. The summed E-state index contributed by atoms with van der Waals surface area (Å²) in [7, 11) is 1.83. The van der Waals surface area contributed by atoms with Crippen molar-refractivity contribution >= 4 is 23.5 Å². The maximum Gasteiger partial charge on any atom is 0.317 e. The summed E-state index contributed by atoms with van der Waals surface area (Å²) in [6.07, 6.45) is 1.92. The summed E-state index contributed by atoms with van der Waals surface area (Å²) in [5, 5.41) is 9.56. The number of likely N-dealkylation sites (tertiary alicyclic amines) is 1. The number of ether oxygens (including phenoxy) is 1. The highest BCUT2D eigenvalue weighted by Crippen LogP contribution is 2.23. The Balaban J connectivity index is 2.02. The molecule has 0 bridgehead atoms. The Hall–Kier alpha value is -1.79. The molecule has 2 atom stereocenters. The van der Waals surface area contributed by atoms with Crippen molar-refractivity contribution in [2.45, 2.75) is 45.3 Å². The van der Waals surface area contributed by atoms with Gasteiger partial charge in [0.2, 0.25) is 0 Å². The third kappa shape index (κ3) is 6.40. The highest BCUT2D eigenvalue weighted by molar-refractivity contribution is 6.30. The van der Waals surface area contributed by atoms with E-state index in [1.807, 2.05) is 30.7 Å². The Bertz CT molecular complexity index is 653. The van der Waals surface area contributed by atoms with E-state index < -0.39 is 12.1 Å². The van der Waals surface area contributed by atoms with Gasteiger partial charge in [-0.25, -0.2) is 0 Å². The average Bonchev–Trinajstić information content (AvgIpc) is 2.84. The number of benzene rings is 1. The minimum absolute atomic E-state index is 0.0187. The van der Waals surface area contributed by atoms with Crippen LogP contribution < -0.4 is 4.74 Å². The Labute approximate surface area is 166 Å². The molecule has 1 aliphatic heterocycles. The van der Waals surface area contributed by atoms with E-state index in [2.05, 4.69) is 0 Å². The molecule has 27 heavy (non-hydrogen) atoms. The molecule has 1 aromatic carbocycles. The number of halogens is 1. The first-order chi connectivity index (χ1) is 12.8. The molecule has 1 aromatic rings. The van der Waals surface area contributed by atoms with Gasteiger partial charge < -0.3 is 14.7 Å². The molecule has 2 unspecified atom stereocenters. The SMILES string of the molecule is CC(C)C(Oc1cccc(Cl)c1)C(=O)N1CCCC(N(C)CC(=O)O)CC1. The van der Waals surface area contributed by atoms with Crippen molar-refractivity contribution in [2.75, 3.05) is 26.7 Å². The van der Waals surface area contributed by atoms with Crippen LogP contribution in [-0.2, 0) is 9.59 Å². The van der Waals surface area contributed by atoms with E-state index in [0.717, 1.165) is 19.3 Å². The largest absolute Gasteiger partial charge is 0.480 e. The van der Waals surface area contributed by atoms with Crippen molar-refractivity contribution in [3.8, 4) is 5.75 Å². The maximum atomic E-state index is 13.1. The molecule has 1 aliphatic rings. The summed E-state index contributed by atoms with van der Waals surface area (Å²) >= 11 is 6.02. The molecule has 0 spiro atoms. The zero-order chi connectivity index (χ0) is 20.0. The first-order valence-electron chi connectivity index (χ1n) is 9.41. The molecule has 1 fully saturated rings. The number of nitrogens with zero attached hydrogens (tertiary/aromatic N) is 2. The van der Waals surface area contributed by atoms with E-state index in [1.165, 1.54) is 0 Å². The lowest BCUT2D eigenvalue weighted by atomic mass is 10.1. The highest BCUT2D eigenvalue weighted by atomic mass is 35.5. The third-order valence-corrected chi connectivity index (χ3v) is 5.16. The van der Waals surface area contributed by atoms with Crippen molar-refractivity contribution < 1.29 is 19.4 Å². The van der Waals surface area contributed by atoms with Crippen molar-refractivity contribution in [1.82, 2.24) is 9.80 Å². The summed E-state index contributed by atoms with van der Waals surface area (Å²) in [5.74, 6) is -0.246. The minimum Gasteiger partial charge on any atom is -0.480 e. The van der Waals surface area contributed by atoms with Gasteiger partial charge in [-0.1, -0.05) is 31.5 Å². The lowest BCUT2D eigenvalue weighted by Crippen LogP contribution is -2.45. The number of aliphatic carboxylic acids is 1. The van der Waals surface area contributed by atoms with Crippen LogP contribution >= 0.6 is 11.6 Å². The number of amides is 1. The van der Waals surface area contributed by atoms with E-state index in [9.17, 15) is 9.59 Å². The van der Waals surface area contributed by atoms with Crippen LogP contribution in [0, 0.1) is 5.92 Å². The van der Waals surface area contributed by atoms with Crippen LogP contribution in [0.4, 0.5) is 0 Å². The lowest BCUT2D eigenvalue weighted by molar-refractivity contribution is -0.141. The first kappa shape index (κ1) is 21.5. The molecule has 6 nitrogen and oxygen atoms in total. The number of carbonyl (C=O) groups is 2. The second-order valence-corrected chi connectivity index (χ2v) is 7.90. The van der Waals surface area contributed by atoms with Gasteiger partial charge >= 0.3 is 5.97 Å². The van der Waals surface area contributed by atoms with Crippen molar-refractivity contribution in [1.29, 1.82) is 0 Å². The van der Waals surface area contributed by atoms with Gasteiger partial charge in [-0.05, 0) is 50.4 Å². The van der Waals surface area contributed by atoms with Gasteiger partial charge in [0.05, 0.1) is 6.54 Å². The van der Waals surface area contributed by atoms with Crippen LogP contribution in [-0.4, -0.2) is 65.6 Å². The zero-order valence-electron chi connectivity index (χ0n) is 16.2. The Morgan fingerprint density at radius 1 is 1.33 bits per heavy atom. The van der Waals surface area contributed by atoms with E-state index >= 15 is 0 Å². The maximum absolute atomic E-state index is 13.1. The number of likely N-dealkylation sites (N-methyl/N-ethyl adjacent to an activating group) is 1. The summed E-state index contributed by atoms with van der Waals surface area (Å²) < 4.78 is 5.98. The monoisotopic (exact) mass is 396 g/mol. The Kier molecular flexibility index (Phi) is 7.92. The number of carbonyl (C=O) groups excluding carboxylic acids is 1. The summed E-state index contributed by atoms with van der Waals surface area (Å²) in [6.45, 7) is 5.22. The van der Waals surface area contributed by atoms with Gasteiger partial charge in [-0.2, -0.15) is 0 Å². The van der Waals surface area contributed by atoms with Crippen molar-refractivity contribution in [3.63, 3.8) is 0 Å². The summed E-state index contributed by atoms with van der Waals surface area (Å²) in [5.41, 5.74) is 0. The quantitative estimate of drug-likeness (QED) is 0.766. The number of carboxylic acid groups (broad SMARTS) is 1. The number of carboxylic acids is 1. The smallest absolute Gasteiger partial charge is 0.317 e. The summed E-state index contributed by atoms with van der Waals surface area (Å²) in [4.78, 5) is 27.7. The van der Waals surface area contributed by atoms with Crippen LogP contribution in [0.2, 0.25) is 5.02 Å². The molecular weight excluding hydrogens is 368 g/mol. The van der Waals surface area contributed by atoms with Crippen LogP contribution in [0.5, 0.6) is 5.75 Å². The van der Waals surface area contributed by atoms with Crippen LogP contribution in [0.1, 0.15) is 33.1 Å². The van der Waals surface area contributed by atoms with Gasteiger partial charge in [0.1, 0.15) is 5.75 Å². The zero-order valence-corrected chi connectivity index (χ0v) is 17.0. The molecule has 2 rings (SSSR count).